The van der Waals surface area contributed by atoms with E-state index in [1.165, 1.54) is 22.8 Å². The lowest BCUT2D eigenvalue weighted by molar-refractivity contribution is 0.597. The fourth-order valence-electron chi connectivity index (χ4n) is 2.14. The molecule has 2 aromatic rings. The summed E-state index contributed by atoms with van der Waals surface area (Å²) in [4.78, 5) is 0. The average molecular weight is 257 g/mol. The van der Waals surface area contributed by atoms with E-state index in [9.17, 15) is 4.39 Å². The van der Waals surface area contributed by atoms with Crippen molar-refractivity contribution in [2.24, 2.45) is 0 Å². The Labute approximate surface area is 114 Å². The molecule has 0 aliphatic heterocycles. The molecule has 0 spiro atoms. The number of rotatable bonds is 5. The van der Waals surface area contributed by atoms with Crippen LogP contribution in [-0.2, 0) is 13.0 Å². The molecule has 0 heterocycles. The maximum Gasteiger partial charge on any atom is 0.126 e. The monoisotopic (exact) mass is 257 g/mol. The molecular formula is C17H20FN. The second-order valence-electron chi connectivity index (χ2n) is 4.95. The van der Waals surface area contributed by atoms with Crippen molar-refractivity contribution in [3.63, 3.8) is 0 Å². The summed E-state index contributed by atoms with van der Waals surface area (Å²) in [7, 11) is 0. The van der Waals surface area contributed by atoms with Gasteiger partial charge in [-0.3, -0.25) is 0 Å². The van der Waals surface area contributed by atoms with Gasteiger partial charge in [-0.1, -0.05) is 42.0 Å². The molecule has 0 saturated carbocycles. The van der Waals surface area contributed by atoms with Gasteiger partial charge in [0.25, 0.3) is 0 Å². The molecule has 1 N–H and O–H groups in total. The van der Waals surface area contributed by atoms with Crippen LogP contribution in [0.15, 0.2) is 42.5 Å². The Morgan fingerprint density at radius 3 is 2.58 bits per heavy atom. The molecule has 0 amide bonds. The molecule has 2 aromatic carbocycles. The number of aryl methyl sites for hydroxylation is 2. The van der Waals surface area contributed by atoms with E-state index >= 15 is 0 Å². The molecule has 0 aromatic heterocycles. The standard InChI is InChI=1S/C17H20FN/c1-13-7-8-14(2)16(11-13)12-19-10-9-15-5-3-4-6-17(15)18/h3-8,11,19H,9-10,12H2,1-2H3. The minimum atomic E-state index is -0.115. The summed E-state index contributed by atoms with van der Waals surface area (Å²) in [5.41, 5.74) is 4.66. The molecule has 2 rings (SSSR count). The Bertz CT molecular complexity index is 549. The fourth-order valence-corrected chi connectivity index (χ4v) is 2.14. The first kappa shape index (κ1) is 13.8. The number of halogens is 1. The summed E-state index contributed by atoms with van der Waals surface area (Å²) < 4.78 is 13.4. The highest BCUT2D eigenvalue weighted by molar-refractivity contribution is 5.30. The van der Waals surface area contributed by atoms with Gasteiger partial charge in [-0.15, -0.1) is 0 Å². The van der Waals surface area contributed by atoms with Crippen molar-refractivity contribution in [3.8, 4) is 0 Å². The molecule has 0 aliphatic rings. The van der Waals surface area contributed by atoms with Crippen molar-refractivity contribution < 1.29 is 4.39 Å². The van der Waals surface area contributed by atoms with E-state index < -0.39 is 0 Å². The zero-order chi connectivity index (χ0) is 13.7. The van der Waals surface area contributed by atoms with Crippen LogP contribution in [0.3, 0.4) is 0 Å². The van der Waals surface area contributed by atoms with Crippen LogP contribution in [-0.4, -0.2) is 6.54 Å². The average Bonchev–Trinajstić information content (AvgIpc) is 2.40. The first-order valence-electron chi connectivity index (χ1n) is 6.67. The fraction of sp³-hybridized carbons (Fsp3) is 0.294. The van der Waals surface area contributed by atoms with E-state index in [-0.39, 0.29) is 5.82 Å². The van der Waals surface area contributed by atoms with Crippen LogP contribution in [0.4, 0.5) is 4.39 Å². The molecule has 19 heavy (non-hydrogen) atoms. The molecule has 0 unspecified atom stereocenters. The van der Waals surface area contributed by atoms with E-state index in [4.69, 9.17) is 0 Å². The zero-order valence-electron chi connectivity index (χ0n) is 11.5. The van der Waals surface area contributed by atoms with Crippen molar-refractivity contribution in [1.82, 2.24) is 5.32 Å². The lowest BCUT2D eigenvalue weighted by atomic mass is 10.1. The summed E-state index contributed by atoms with van der Waals surface area (Å²) in [5.74, 6) is -0.115. The van der Waals surface area contributed by atoms with Crippen molar-refractivity contribution in [1.29, 1.82) is 0 Å². The van der Waals surface area contributed by atoms with Gasteiger partial charge in [0.15, 0.2) is 0 Å². The van der Waals surface area contributed by atoms with Crippen molar-refractivity contribution >= 4 is 0 Å². The molecule has 0 fully saturated rings. The van der Waals surface area contributed by atoms with Crippen LogP contribution >= 0.6 is 0 Å². The summed E-state index contributed by atoms with van der Waals surface area (Å²) in [6.07, 6.45) is 0.720. The van der Waals surface area contributed by atoms with Gasteiger partial charge in [0.05, 0.1) is 0 Å². The van der Waals surface area contributed by atoms with Gasteiger partial charge >= 0.3 is 0 Å². The van der Waals surface area contributed by atoms with Gasteiger partial charge in [0.2, 0.25) is 0 Å². The molecule has 0 aliphatic carbocycles. The predicted molar refractivity (Wildman–Crippen MR) is 77.7 cm³/mol. The molecule has 100 valence electrons. The third kappa shape index (κ3) is 3.90. The number of nitrogens with one attached hydrogen (secondary N) is 1. The highest BCUT2D eigenvalue weighted by Gasteiger charge is 2.01. The number of hydrogen-bond acceptors (Lipinski definition) is 1. The van der Waals surface area contributed by atoms with Gasteiger partial charge in [-0.2, -0.15) is 0 Å². The number of hydrogen-bond donors (Lipinski definition) is 1. The Morgan fingerprint density at radius 2 is 1.79 bits per heavy atom. The molecule has 1 nitrogen and oxygen atoms in total. The van der Waals surface area contributed by atoms with Gasteiger partial charge in [0, 0.05) is 6.54 Å². The van der Waals surface area contributed by atoms with Crippen molar-refractivity contribution in [2.45, 2.75) is 26.8 Å². The molecule has 2 heteroatoms. The number of benzene rings is 2. The minimum absolute atomic E-state index is 0.115. The largest absolute Gasteiger partial charge is 0.312 e. The van der Waals surface area contributed by atoms with Crippen LogP contribution in [0.5, 0.6) is 0 Å². The van der Waals surface area contributed by atoms with Gasteiger partial charge in [-0.25, -0.2) is 4.39 Å². The highest BCUT2D eigenvalue weighted by Crippen LogP contribution is 2.10. The Morgan fingerprint density at radius 1 is 1.00 bits per heavy atom. The zero-order valence-corrected chi connectivity index (χ0v) is 11.5. The molecule has 0 saturated heterocycles. The maximum atomic E-state index is 13.4. The van der Waals surface area contributed by atoms with Crippen molar-refractivity contribution in [2.75, 3.05) is 6.54 Å². The lowest BCUT2D eigenvalue weighted by Gasteiger charge is -2.09. The van der Waals surface area contributed by atoms with Crippen LogP contribution < -0.4 is 5.32 Å². The van der Waals surface area contributed by atoms with E-state index in [1.807, 2.05) is 12.1 Å². The van der Waals surface area contributed by atoms with Crippen molar-refractivity contribution in [3.05, 3.63) is 70.5 Å². The normalized spacial score (nSPS) is 10.7. The van der Waals surface area contributed by atoms with Crippen LogP contribution in [0.1, 0.15) is 22.3 Å². The quantitative estimate of drug-likeness (QED) is 0.804. The second-order valence-corrected chi connectivity index (χ2v) is 4.95. The Kier molecular flexibility index (Phi) is 4.69. The topological polar surface area (TPSA) is 12.0 Å². The molecule has 0 bridgehead atoms. The second kappa shape index (κ2) is 6.48. The minimum Gasteiger partial charge on any atom is -0.312 e. The summed E-state index contributed by atoms with van der Waals surface area (Å²) >= 11 is 0. The molecular weight excluding hydrogens is 237 g/mol. The Hall–Kier alpha value is -1.67. The lowest BCUT2D eigenvalue weighted by Crippen LogP contribution is -2.17. The summed E-state index contributed by atoms with van der Waals surface area (Å²) in [5, 5.41) is 3.38. The van der Waals surface area contributed by atoms with E-state index in [2.05, 4.69) is 37.4 Å². The first-order chi connectivity index (χ1) is 9.16. The van der Waals surface area contributed by atoms with E-state index in [0.29, 0.717) is 0 Å². The summed E-state index contributed by atoms with van der Waals surface area (Å²) in [6.45, 7) is 5.84. The van der Waals surface area contributed by atoms with Crippen LogP contribution in [0.25, 0.3) is 0 Å². The van der Waals surface area contributed by atoms with Gasteiger partial charge in [0.1, 0.15) is 5.82 Å². The predicted octanol–water partition coefficient (Wildman–Crippen LogP) is 3.77. The third-order valence-electron chi connectivity index (χ3n) is 3.35. The third-order valence-corrected chi connectivity index (χ3v) is 3.35. The highest BCUT2D eigenvalue weighted by atomic mass is 19.1. The maximum absolute atomic E-state index is 13.4. The smallest absolute Gasteiger partial charge is 0.126 e. The molecule has 0 atom stereocenters. The van der Waals surface area contributed by atoms with Crippen LogP contribution in [0.2, 0.25) is 0 Å². The van der Waals surface area contributed by atoms with Gasteiger partial charge < -0.3 is 5.32 Å². The summed E-state index contributed by atoms with van der Waals surface area (Å²) in [6, 6.07) is 13.4. The van der Waals surface area contributed by atoms with E-state index in [0.717, 1.165) is 25.1 Å². The molecule has 0 radical (unpaired) electrons. The Balaban J connectivity index is 1.84. The van der Waals surface area contributed by atoms with E-state index in [1.54, 1.807) is 6.07 Å². The SMILES string of the molecule is Cc1ccc(C)c(CNCCc2ccccc2F)c1. The first-order valence-corrected chi connectivity index (χ1v) is 6.67. The van der Waals surface area contributed by atoms with Gasteiger partial charge in [-0.05, 0) is 49.6 Å². The van der Waals surface area contributed by atoms with Crippen LogP contribution in [0, 0.1) is 19.7 Å².